The highest BCUT2D eigenvalue weighted by Gasteiger charge is 2.10. The first-order valence-corrected chi connectivity index (χ1v) is 10.1. The Balaban J connectivity index is 1.39. The molecule has 2 aromatic rings. The van der Waals surface area contributed by atoms with E-state index >= 15 is 0 Å². The van der Waals surface area contributed by atoms with Crippen molar-refractivity contribution < 1.29 is 9.53 Å². The summed E-state index contributed by atoms with van der Waals surface area (Å²) in [6.45, 7) is 5.12. The minimum absolute atomic E-state index is 0.0299. The number of benzene rings is 2. The third-order valence-corrected chi connectivity index (χ3v) is 5.47. The second-order valence-corrected chi connectivity index (χ2v) is 7.71. The molecule has 0 spiro atoms. The Hall–Kier alpha value is -1.53. The van der Waals surface area contributed by atoms with Gasteiger partial charge in [-0.15, -0.1) is 11.8 Å². The van der Waals surface area contributed by atoms with Gasteiger partial charge >= 0.3 is 0 Å². The number of morpholine rings is 1. The molecule has 0 saturated carbocycles. The van der Waals surface area contributed by atoms with Gasteiger partial charge in [-0.05, 0) is 35.4 Å². The Labute approximate surface area is 163 Å². The number of halogens is 1. The van der Waals surface area contributed by atoms with E-state index in [9.17, 15) is 4.79 Å². The molecule has 3 rings (SSSR count). The molecule has 1 aliphatic rings. The molecule has 4 nitrogen and oxygen atoms in total. The van der Waals surface area contributed by atoms with Gasteiger partial charge < -0.3 is 10.1 Å². The van der Waals surface area contributed by atoms with Gasteiger partial charge in [0.2, 0.25) is 5.91 Å². The quantitative estimate of drug-likeness (QED) is 0.734. The fourth-order valence-corrected chi connectivity index (χ4v) is 3.57. The summed E-state index contributed by atoms with van der Waals surface area (Å²) >= 11 is 7.37. The van der Waals surface area contributed by atoms with Crippen LogP contribution in [0.1, 0.15) is 11.1 Å². The third kappa shape index (κ3) is 6.32. The molecule has 138 valence electrons. The lowest BCUT2D eigenvalue weighted by atomic mass is 10.1. The van der Waals surface area contributed by atoms with E-state index in [0.717, 1.165) is 43.3 Å². The van der Waals surface area contributed by atoms with Gasteiger partial charge in [-0.25, -0.2) is 0 Å². The van der Waals surface area contributed by atoms with Crippen LogP contribution in [0.2, 0.25) is 5.02 Å². The molecule has 0 aromatic heterocycles. The van der Waals surface area contributed by atoms with Crippen LogP contribution in [-0.2, 0) is 22.6 Å². The summed E-state index contributed by atoms with van der Waals surface area (Å²) in [6.07, 6.45) is 0. The van der Waals surface area contributed by atoms with Crippen LogP contribution < -0.4 is 5.32 Å². The molecule has 1 N–H and O–H groups in total. The first kappa shape index (κ1) is 19.2. The van der Waals surface area contributed by atoms with Crippen LogP contribution in [0, 0.1) is 0 Å². The molecule has 2 aromatic carbocycles. The predicted molar refractivity (Wildman–Crippen MR) is 107 cm³/mol. The monoisotopic (exact) mass is 390 g/mol. The van der Waals surface area contributed by atoms with Crippen LogP contribution in [0.5, 0.6) is 0 Å². The van der Waals surface area contributed by atoms with E-state index in [4.69, 9.17) is 16.3 Å². The molecular formula is C20H23ClN2O2S. The highest BCUT2D eigenvalue weighted by atomic mass is 35.5. The van der Waals surface area contributed by atoms with E-state index in [1.807, 2.05) is 24.3 Å². The largest absolute Gasteiger partial charge is 0.379 e. The SMILES string of the molecule is O=C(CSc1ccc(Cl)cc1)NCc1ccc(CN2CCOCC2)cc1. The Kier molecular flexibility index (Phi) is 7.38. The van der Waals surface area contributed by atoms with E-state index < -0.39 is 0 Å². The van der Waals surface area contributed by atoms with Crippen molar-refractivity contribution in [3.05, 3.63) is 64.7 Å². The van der Waals surface area contributed by atoms with Gasteiger partial charge in [-0.2, -0.15) is 0 Å². The summed E-state index contributed by atoms with van der Waals surface area (Å²) in [5.41, 5.74) is 2.40. The highest BCUT2D eigenvalue weighted by molar-refractivity contribution is 8.00. The number of rotatable bonds is 7. The van der Waals surface area contributed by atoms with Crippen LogP contribution >= 0.6 is 23.4 Å². The number of hydrogen-bond acceptors (Lipinski definition) is 4. The maximum atomic E-state index is 12.0. The molecule has 0 unspecified atom stereocenters. The number of carbonyl (C=O) groups is 1. The molecule has 1 amide bonds. The number of nitrogens with zero attached hydrogens (tertiary/aromatic N) is 1. The normalized spacial score (nSPS) is 15.0. The minimum Gasteiger partial charge on any atom is -0.379 e. The van der Waals surface area contributed by atoms with E-state index in [-0.39, 0.29) is 5.91 Å². The van der Waals surface area contributed by atoms with Gasteiger partial charge in [-0.1, -0.05) is 35.9 Å². The molecule has 26 heavy (non-hydrogen) atoms. The summed E-state index contributed by atoms with van der Waals surface area (Å²) < 4.78 is 5.37. The lowest BCUT2D eigenvalue weighted by Crippen LogP contribution is -2.35. The topological polar surface area (TPSA) is 41.6 Å². The van der Waals surface area contributed by atoms with Crippen molar-refractivity contribution in [1.82, 2.24) is 10.2 Å². The average Bonchev–Trinajstić information content (AvgIpc) is 2.68. The second-order valence-electron chi connectivity index (χ2n) is 6.22. The van der Waals surface area contributed by atoms with Crippen LogP contribution in [0.15, 0.2) is 53.4 Å². The van der Waals surface area contributed by atoms with Gasteiger partial charge in [0.05, 0.1) is 19.0 Å². The predicted octanol–water partition coefficient (Wildman–Crippen LogP) is 3.58. The van der Waals surface area contributed by atoms with Crippen LogP contribution in [0.25, 0.3) is 0 Å². The number of carbonyl (C=O) groups excluding carboxylic acids is 1. The first-order valence-electron chi connectivity index (χ1n) is 8.72. The van der Waals surface area contributed by atoms with Crippen molar-refractivity contribution in [3.8, 4) is 0 Å². The van der Waals surface area contributed by atoms with E-state index in [0.29, 0.717) is 17.3 Å². The zero-order chi connectivity index (χ0) is 18.2. The summed E-state index contributed by atoms with van der Waals surface area (Å²) in [4.78, 5) is 15.4. The van der Waals surface area contributed by atoms with Crippen LogP contribution in [-0.4, -0.2) is 42.9 Å². The number of amides is 1. The lowest BCUT2D eigenvalue weighted by Gasteiger charge is -2.26. The smallest absolute Gasteiger partial charge is 0.230 e. The molecule has 0 aliphatic carbocycles. The van der Waals surface area contributed by atoms with Crippen molar-refractivity contribution in [2.75, 3.05) is 32.1 Å². The molecule has 1 saturated heterocycles. The van der Waals surface area contributed by atoms with Gasteiger partial charge in [0.15, 0.2) is 0 Å². The van der Waals surface area contributed by atoms with Crippen molar-refractivity contribution in [2.24, 2.45) is 0 Å². The van der Waals surface area contributed by atoms with Gasteiger partial charge in [0.1, 0.15) is 0 Å². The number of nitrogens with one attached hydrogen (secondary N) is 1. The minimum atomic E-state index is 0.0299. The molecule has 1 aliphatic heterocycles. The summed E-state index contributed by atoms with van der Waals surface area (Å²) in [5.74, 6) is 0.429. The number of ether oxygens (including phenoxy) is 1. The summed E-state index contributed by atoms with van der Waals surface area (Å²) in [6, 6.07) is 16.0. The zero-order valence-corrected chi connectivity index (χ0v) is 16.2. The molecule has 6 heteroatoms. The van der Waals surface area contributed by atoms with Crippen LogP contribution in [0.4, 0.5) is 0 Å². The second kappa shape index (κ2) is 9.97. The van der Waals surface area contributed by atoms with E-state index in [2.05, 4.69) is 34.5 Å². The molecule has 1 fully saturated rings. The molecule has 0 radical (unpaired) electrons. The standard InChI is InChI=1S/C20H23ClN2O2S/c21-18-5-7-19(8-6-18)26-15-20(24)22-13-16-1-3-17(4-2-16)14-23-9-11-25-12-10-23/h1-8H,9-15H2,(H,22,24). The highest BCUT2D eigenvalue weighted by Crippen LogP contribution is 2.20. The maximum absolute atomic E-state index is 12.0. The zero-order valence-electron chi connectivity index (χ0n) is 14.6. The maximum Gasteiger partial charge on any atom is 0.230 e. The van der Waals surface area contributed by atoms with Crippen LogP contribution in [0.3, 0.4) is 0 Å². The van der Waals surface area contributed by atoms with E-state index in [1.54, 1.807) is 0 Å². The summed E-state index contributed by atoms with van der Waals surface area (Å²) in [5, 5.41) is 3.67. The van der Waals surface area contributed by atoms with Crippen molar-refractivity contribution >= 4 is 29.3 Å². The molecular weight excluding hydrogens is 368 g/mol. The Bertz CT molecular complexity index is 701. The number of thioether (sulfide) groups is 1. The lowest BCUT2D eigenvalue weighted by molar-refractivity contribution is -0.118. The molecule has 1 heterocycles. The van der Waals surface area contributed by atoms with E-state index in [1.165, 1.54) is 17.3 Å². The fraction of sp³-hybridized carbons (Fsp3) is 0.350. The molecule has 0 atom stereocenters. The van der Waals surface area contributed by atoms with Gasteiger partial charge in [0, 0.05) is 36.1 Å². The van der Waals surface area contributed by atoms with Gasteiger partial charge in [-0.3, -0.25) is 9.69 Å². The number of hydrogen-bond donors (Lipinski definition) is 1. The first-order chi connectivity index (χ1) is 12.7. The summed E-state index contributed by atoms with van der Waals surface area (Å²) in [7, 11) is 0. The Morgan fingerprint density at radius 1 is 1.04 bits per heavy atom. The fourth-order valence-electron chi connectivity index (χ4n) is 2.71. The van der Waals surface area contributed by atoms with Crippen molar-refractivity contribution in [2.45, 2.75) is 18.0 Å². The third-order valence-electron chi connectivity index (χ3n) is 4.21. The Morgan fingerprint density at radius 3 is 2.38 bits per heavy atom. The van der Waals surface area contributed by atoms with Crippen molar-refractivity contribution in [1.29, 1.82) is 0 Å². The average molecular weight is 391 g/mol. The van der Waals surface area contributed by atoms with Gasteiger partial charge in [0.25, 0.3) is 0 Å². The van der Waals surface area contributed by atoms with Crippen molar-refractivity contribution in [3.63, 3.8) is 0 Å². The molecule has 0 bridgehead atoms. The Morgan fingerprint density at radius 2 is 1.69 bits per heavy atom.